The number of halogens is 2. The van der Waals surface area contributed by atoms with Crippen LogP contribution in [-0.2, 0) is 13.1 Å². The zero-order valence-electron chi connectivity index (χ0n) is 20.3. The molecule has 10 nitrogen and oxygen atoms in total. The van der Waals surface area contributed by atoms with E-state index in [0.717, 1.165) is 25.7 Å². The van der Waals surface area contributed by atoms with Gasteiger partial charge in [-0.05, 0) is 54.0 Å². The van der Waals surface area contributed by atoms with Crippen LogP contribution in [-0.4, -0.2) is 36.3 Å². The van der Waals surface area contributed by atoms with Gasteiger partial charge in [0.05, 0.1) is 28.0 Å². The minimum Gasteiger partial charge on any atom is -0.366 e. The summed E-state index contributed by atoms with van der Waals surface area (Å²) in [7, 11) is 0. The first kappa shape index (κ1) is 27.5. The number of anilines is 1. The minimum atomic E-state index is -0.675. The Labute approximate surface area is 244 Å². The first-order valence-electron chi connectivity index (χ1n) is 11.6. The van der Waals surface area contributed by atoms with Crippen LogP contribution in [0.1, 0.15) is 35.3 Å². The number of primary amides is 1. The molecule has 5 aromatic rings. The van der Waals surface area contributed by atoms with E-state index in [0.29, 0.717) is 27.1 Å². The molecule has 5 rings (SSSR count). The van der Waals surface area contributed by atoms with Crippen LogP contribution in [0.25, 0.3) is 11.3 Å². The van der Waals surface area contributed by atoms with E-state index >= 15 is 0 Å². The van der Waals surface area contributed by atoms with Gasteiger partial charge in [-0.2, -0.15) is 9.78 Å². The number of nitrogens with two attached hydrogens (primary N) is 1. The summed E-state index contributed by atoms with van der Waals surface area (Å²) in [5.74, 6) is -1.21. The SMILES string of the molecule is NC(=O)c1cccc(C(=O)n2nc(-c3ccc(=O)n(CC(=O)c4ccns4)c3Cl)cc2NCc2ccc(Cl)s2)c1. The highest BCUT2D eigenvalue weighted by atomic mass is 35.5. The summed E-state index contributed by atoms with van der Waals surface area (Å²) < 4.78 is 6.81. The van der Waals surface area contributed by atoms with Gasteiger partial charge in [0, 0.05) is 39.9 Å². The van der Waals surface area contributed by atoms with Crippen LogP contribution in [0.3, 0.4) is 0 Å². The number of carbonyl (C=O) groups is 3. The van der Waals surface area contributed by atoms with Crippen LogP contribution in [0, 0.1) is 0 Å². The second-order valence-corrected chi connectivity index (χ2v) is 11.4. The van der Waals surface area contributed by atoms with Crippen molar-refractivity contribution in [2.45, 2.75) is 13.1 Å². The number of aromatic nitrogens is 4. The van der Waals surface area contributed by atoms with Crippen molar-refractivity contribution in [3.05, 3.63) is 108 Å². The standard InChI is InChI=1S/C26H18Cl2N6O4S2/c27-21-6-4-16(39-21)12-30-22-11-18(32-34(22)26(38)15-3-1-2-14(10-15)25(29)37)17-5-7-23(36)33(24(17)28)13-19(35)20-8-9-31-40-20/h1-11,30H,12-13H2,(H2,29,37). The number of pyridine rings is 1. The first-order chi connectivity index (χ1) is 19.2. The van der Waals surface area contributed by atoms with Gasteiger partial charge >= 0.3 is 0 Å². The Morgan fingerprint density at radius 2 is 1.80 bits per heavy atom. The maximum atomic E-state index is 13.5. The average Bonchev–Trinajstić information content (AvgIpc) is 3.71. The number of rotatable bonds is 9. The topological polar surface area (TPSA) is 142 Å². The molecule has 4 heterocycles. The number of nitrogens with one attached hydrogen (secondary N) is 1. The van der Waals surface area contributed by atoms with Gasteiger partial charge in [0.15, 0.2) is 5.78 Å². The molecule has 1 amide bonds. The van der Waals surface area contributed by atoms with E-state index in [1.165, 1.54) is 47.9 Å². The second-order valence-electron chi connectivity index (χ2n) is 8.40. The molecule has 1 aromatic carbocycles. The average molecular weight is 614 g/mol. The third-order valence-corrected chi connectivity index (χ3v) is 8.20. The van der Waals surface area contributed by atoms with Crippen molar-refractivity contribution < 1.29 is 14.4 Å². The lowest BCUT2D eigenvalue weighted by atomic mass is 10.1. The number of Topliss-reactive ketones (excluding diaryl/α,β-unsaturated/α-hetero) is 1. The number of thiophene rings is 1. The summed E-state index contributed by atoms with van der Waals surface area (Å²) >= 11 is 15.1. The van der Waals surface area contributed by atoms with Gasteiger partial charge in [0.2, 0.25) is 5.91 Å². The Hall–Kier alpha value is -4.10. The molecule has 4 aromatic heterocycles. The Morgan fingerprint density at radius 3 is 2.50 bits per heavy atom. The van der Waals surface area contributed by atoms with E-state index in [9.17, 15) is 19.2 Å². The van der Waals surface area contributed by atoms with Gasteiger partial charge < -0.3 is 11.1 Å². The van der Waals surface area contributed by atoms with Crippen molar-refractivity contribution in [2.24, 2.45) is 5.73 Å². The summed E-state index contributed by atoms with van der Waals surface area (Å²) in [5, 5.41) is 7.65. The normalized spacial score (nSPS) is 10.9. The van der Waals surface area contributed by atoms with Gasteiger partial charge in [0.1, 0.15) is 11.0 Å². The summed E-state index contributed by atoms with van der Waals surface area (Å²) in [6.45, 7) is 0.0468. The molecule has 0 bridgehead atoms. The summed E-state index contributed by atoms with van der Waals surface area (Å²) in [6.07, 6.45) is 1.50. The highest BCUT2D eigenvalue weighted by Crippen LogP contribution is 2.30. The number of carbonyl (C=O) groups excluding carboxylic acids is 3. The molecule has 0 atom stereocenters. The van der Waals surface area contributed by atoms with Gasteiger partial charge in [0.25, 0.3) is 11.5 Å². The molecule has 0 fully saturated rings. The molecule has 202 valence electrons. The van der Waals surface area contributed by atoms with Gasteiger partial charge in [-0.15, -0.1) is 11.3 Å². The molecule has 40 heavy (non-hydrogen) atoms. The van der Waals surface area contributed by atoms with E-state index in [1.54, 1.807) is 24.3 Å². The Kier molecular flexibility index (Phi) is 7.94. The second kappa shape index (κ2) is 11.6. The third kappa shape index (κ3) is 5.75. The van der Waals surface area contributed by atoms with Crippen molar-refractivity contribution in [3.8, 4) is 11.3 Å². The predicted octanol–water partition coefficient (Wildman–Crippen LogP) is 4.82. The molecule has 14 heteroatoms. The Bertz CT molecular complexity index is 1810. The fourth-order valence-corrected chi connectivity index (χ4v) is 5.67. The highest BCUT2D eigenvalue weighted by Gasteiger charge is 2.22. The number of nitrogens with zero attached hydrogens (tertiary/aromatic N) is 4. The maximum Gasteiger partial charge on any atom is 0.280 e. The molecular formula is C26H18Cl2N6O4S2. The van der Waals surface area contributed by atoms with E-state index in [2.05, 4.69) is 14.8 Å². The number of ketones is 1. The third-order valence-electron chi connectivity index (χ3n) is 5.78. The lowest BCUT2D eigenvalue weighted by molar-refractivity contribution is 0.0946. The van der Waals surface area contributed by atoms with Crippen LogP contribution in [0.2, 0.25) is 9.49 Å². The Morgan fingerprint density at radius 1 is 1.00 bits per heavy atom. The molecule has 0 saturated heterocycles. The molecule has 0 saturated carbocycles. The number of amides is 1. The lowest BCUT2D eigenvalue weighted by Gasteiger charge is -2.10. The van der Waals surface area contributed by atoms with Gasteiger partial charge in [-0.25, -0.2) is 4.37 Å². The summed E-state index contributed by atoms with van der Waals surface area (Å²) in [5.41, 5.74) is 5.87. The smallest absolute Gasteiger partial charge is 0.280 e. The fraction of sp³-hybridized carbons (Fsp3) is 0.0769. The largest absolute Gasteiger partial charge is 0.366 e. The number of benzene rings is 1. The maximum absolute atomic E-state index is 13.5. The fourth-order valence-electron chi connectivity index (χ4n) is 3.82. The van der Waals surface area contributed by atoms with Crippen molar-refractivity contribution in [3.63, 3.8) is 0 Å². The summed E-state index contributed by atoms with van der Waals surface area (Å²) in [4.78, 5) is 51.8. The van der Waals surface area contributed by atoms with Crippen molar-refractivity contribution in [1.82, 2.24) is 18.7 Å². The Balaban J connectivity index is 1.54. The van der Waals surface area contributed by atoms with Crippen molar-refractivity contribution in [2.75, 3.05) is 5.32 Å². The monoisotopic (exact) mass is 612 g/mol. The van der Waals surface area contributed by atoms with Crippen molar-refractivity contribution in [1.29, 1.82) is 0 Å². The molecule has 0 aliphatic heterocycles. The van der Waals surface area contributed by atoms with Gasteiger partial charge in [-0.1, -0.05) is 29.3 Å². The quantitative estimate of drug-likeness (QED) is 0.179. The van der Waals surface area contributed by atoms with Crippen LogP contribution in [0.5, 0.6) is 0 Å². The van der Waals surface area contributed by atoms with Crippen LogP contribution < -0.4 is 16.6 Å². The molecule has 0 spiro atoms. The summed E-state index contributed by atoms with van der Waals surface area (Å²) in [6, 6.07) is 15.5. The van der Waals surface area contributed by atoms with E-state index in [1.807, 2.05) is 6.07 Å². The molecular weight excluding hydrogens is 595 g/mol. The zero-order valence-corrected chi connectivity index (χ0v) is 23.5. The lowest BCUT2D eigenvalue weighted by Crippen LogP contribution is -2.24. The number of hydrogen-bond acceptors (Lipinski definition) is 9. The predicted molar refractivity (Wildman–Crippen MR) is 155 cm³/mol. The van der Waals surface area contributed by atoms with E-state index in [4.69, 9.17) is 28.9 Å². The van der Waals surface area contributed by atoms with Crippen LogP contribution >= 0.6 is 46.1 Å². The highest BCUT2D eigenvalue weighted by molar-refractivity contribution is 7.16. The number of hydrogen-bond donors (Lipinski definition) is 2. The van der Waals surface area contributed by atoms with Gasteiger partial charge in [-0.3, -0.25) is 23.7 Å². The first-order valence-corrected chi connectivity index (χ1v) is 13.9. The van der Waals surface area contributed by atoms with E-state index < -0.39 is 17.4 Å². The van der Waals surface area contributed by atoms with Crippen LogP contribution in [0.4, 0.5) is 5.82 Å². The van der Waals surface area contributed by atoms with E-state index in [-0.39, 0.29) is 34.3 Å². The zero-order chi connectivity index (χ0) is 28.4. The molecule has 0 aliphatic carbocycles. The van der Waals surface area contributed by atoms with Crippen molar-refractivity contribution >= 4 is 69.5 Å². The van der Waals surface area contributed by atoms with Crippen LogP contribution in [0.15, 0.2) is 71.7 Å². The minimum absolute atomic E-state index is 0.0187. The molecule has 3 N–H and O–H groups in total. The molecule has 0 unspecified atom stereocenters. The molecule has 0 radical (unpaired) electrons. The molecule has 0 aliphatic rings.